The Hall–Kier alpha value is -1.22. The number of nitrogens with one attached hydrogen (secondary N) is 1. The van der Waals surface area contributed by atoms with Crippen LogP contribution in [-0.4, -0.2) is 33.1 Å². The SMILES string of the molecule is CC1(NC(=O)c2cc(S(N)(=O)=O)cc(F)c2Cl)CCOC1. The second-order valence-corrected chi connectivity index (χ2v) is 7.07. The summed E-state index contributed by atoms with van der Waals surface area (Å²) < 4.78 is 41.5. The molecule has 0 radical (unpaired) electrons. The number of amides is 1. The van der Waals surface area contributed by atoms with E-state index in [1.807, 2.05) is 0 Å². The van der Waals surface area contributed by atoms with Gasteiger partial charge in [0, 0.05) is 6.61 Å². The van der Waals surface area contributed by atoms with Crippen LogP contribution in [0.1, 0.15) is 23.7 Å². The van der Waals surface area contributed by atoms with Crippen molar-refractivity contribution >= 4 is 27.5 Å². The third kappa shape index (κ3) is 3.52. The Morgan fingerprint density at radius 2 is 2.19 bits per heavy atom. The minimum absolute atomic E-state index is 0.284. The Labute approximate surface area is 126 Å². The van der Waals surface area contributed by atoms with E-state index in [0.717, 1.165) is 6.07 Å². The summed E-state index contributed by atoms with van der Waals surface area (Å²) in [5, 5.41) is 7.16. The van der Waals surface area contributed by atoms with Gasteiger partial charge in [-0.25, -0.2) is 17.9 Å². The van der Waals surface area contributed by atoms with Crippen molar-refractivity contribution in [2.45, 2.75) is 23.8 Å². The molecule has 1 unspecified atom stereocenters. The predicted molar refractivity (Wildman–Crippen MR) is 74.1 cm³/mol. The molecule has 1 aromatic rings. The van der Waals surface area contributed by atoms with Gasteiger partial charge in [-0.2, -0.15) is 0 Å². The van der Waals surface area contributed by atoms with E-state index >= 15 is 0 Å². The zero-order valence-electron chi connectivity index (χ0n) is 11.2. The molecule has 2 rings (SSSR count). The average Bonchev–Trinajstić information content (AvgIpc) is 2.77. The molecule has 0 aromatic heterocycles. The van der Waals surface area contributed by atoms with Crippen LogP contribution in [-0.2, 0) is 14.8 Å². The molecule has 0 aliphatic carbocycles. The minimum Gasteiger partial charge on any atom is -0.379 e. The molecule has 1 heterocycles. The Balaban J connectivity index is 2.38. The molecular weight excluding hydrogens is 323 g/mol. The number of primary sulfonamides is 1. The van der Waals surface area contributed by atoms with Crippen molar-refractivity contribution in [3.05, 3.63) is 28.5 Å². The van der Waals surface area contributed by atoms with E-state index in [0.29, 0.717) is 25.7 Å². The van der Waals surface area contributed by atoms with Crippen molar-refractivity contribution in [1.82, 2.24) is 5.32 Å². The lowest BCUT2D eigenvalue weighted by molar-refractivity contribution is 0.0889. The molecule has 1 aliphatic heterocycles. The van der Waals surface area contributed by atoms with E-state index in [9.17, 15) is 17.6 Å². The number of rotatable bonds is 3. The molecular formula is C12H14ClFN2O4S. The zero-order valence-corrected chi connectivity index (χ0v) is 12.7. The first-order valence-electron chi connectivity index (χ1n) is 6.04. The van der Waals surface area contributed by atoms with Gasteiger partial charge in [0.15, 0.2) is 0 Å². The van der Waals surface area contributed by atoms with Gasteiger partial charge in [-0.15, -0.1) is 0 Å². The maximum absolute atomic E-state index is 13.7. The maximum atomic E-state index is 13.7. The summed E-state index contributed by atoms with van der Waals surface area (Å²) in [5.74, 6) is -1.71. The number of hydrogen-bond acceptors (Lipinski definition) is 4. The first-order valence-corrected chi connectivity index (χ1v) is 7.97. The third-order valence-corrected chi connectivity index (χ3v) is 4.49. The Morgan fingerprint density at radius 1 is 1.52 bits per heavy atom. The third-order valence-electron chi connectivity index (χ3n) is 3.21. The smallest absolute Gasteiger partial charge is 0.253 e. The van der Waals surface area contributed by atoms with Gasteiger partial charge < -0.3 is 10.1 Å². The van der Waals surface area contributed by atoms with Crippen LogP contribution in [0.25, 0.3) is 0 Å². The highest BCUT2D eigenvalue weighted by molar-refractivity contribution is 7.89. The molecule has 6 nitrogen and oxygen atoms in total. The fourth-order valence-corrected chi connectivity index (χ4v) is 2.75. The van der Waals surface area contributed by atoms with Crippen LogP contribution in [0.4, 0.5) is 4.39 Å². The topological polar surface area (TPSA) is 98.5 Å². The second kappa shape index (κ2) is 5.53. The molecule has 1 atom stereocenters. The molecule has 1 aromatic carbocycles. The molecule has 1 fully saturated rings. The molecule has 116 valence electrons. The molecule has 1 saturated heterocycles. The van der Waals surface area contributed by atoms with Crippen molar-refractivity contribution in [1.29, 1.82) is 0 Å². The van der Waals surface area contributed by atoms with Crippen LogP contribution >= 0.6 is 11.6 Å². The summed E-state index contributed by atoms with van der Waals surface area (Å²) in [6, 6.07) is 1.63. The normalized spacial score (nSPS) is 22.3. The van der Waals surface area contributed by atoms with Gasteiger partial charge in [0.1, 0.15) is 5.82 Å². The number of sulfonamides is 1. The Kier molecular flexibility index (Phi) is 4.25. The van der Waals surface area contributed by atoms with Crippen molar-refractivity contribution in [3.63, 3.8) is 0 Å². The van der Waals surface area contributed by atoms with E-state index in [4.69, 9.17) is 21.5 Å². The highest BCUT2D eigenvalue weighted by atomic mass is 35.5. The van der Waals surface area contributed by atoms with Crippen molar-refractivity contribution in [3.8, 4) is 0 Å². The molecule has 0 saturated carbocycles. The number of carbonyl (C=O) groups excluding carboxylic acids is 1. The van der Waals surface area contributed by atoms with E-state index in [1.165, 1.54) is 0 Å². The van der Waals surface area contributed by atoms with Crippen molar-refractivity contribution in [2.75, 3.05) is 13.2 Å². The Bertz CT molecular complexity index is 687. The monoisotopic (exact) mass is 336 g/mol. The fourth-order valence-electron chi connectivity index (χ4n) is 2.00. The molecule has 0 bridgehead atoms. The van der Waals surface area contributed by atoms with Gasteiger partial charge in [-0.3, -0.25) is 4.79 Å². The van der Waals surface area contributed by atoms with Gasteiger partial charge >= 0.3 is 0 Å². The lowest BCUT2D eigenvalue weighted by atomic mass is 10.0. The quantitative estimate of drug-likeness (QED) is 0.861. The lowest BCUT2D eigenvalue weighted by Gasteiger charge is -2.24. The summed E-state index contributed by atoms with van der Waals surface area (Å²) in [6.07, 6.45) is 0.591. The molecule has 3 N–H and O–H groups in total. The lowest BCUT2D eigenvalue weighted by Crippen LogP contribution is -2.46. The minimum atomic E-state index is -4.14. The molecule has 9 heteroatoms. The molecule has 0 spiro atoms. The standard InChI is InChI=1S/C12H14ClFN2O4S/c1-12(2-3-20-6-12)16-11(17)8-4-7(21(15,18)19)5-9(14)10(8)13/h4-5H,2-3,6H2,1H3,(H,16,17)(H2,15,18,19). The van der Waals surface area contributed by atoms with Gasteiger partial charge in [-0.05, 0) is 25.5 Å². The molecule has 21 heavy (non-hydrogen) atoms. The number of ether oxygens (including phenoxy) is 1. The summed E-state index contributed by atoms with van der Waals surface area (Å²) in [6.45, 7) is 2.58. The van der Waals surface area contributed by atoms with E-state index in [1.54, 1.807) is 6.92 Å². The predicted octanol–water partition coefficient (Wildman–Crippen LogP) is 1.04. The van der Waals surface area contributed by atoms with Gasteiger partial charge in [0.05, 0.1) is 27.6 Å². The van der Waals surface area contributed by atoms with E-state index in [-0.39, 0.29) is 5.56 Å². The van der Waals surface area contributed by atoms with Crippen LogP contribution in [0.2, 0.25) is 5.02 Å². The number of nitrogens with two attached hydrogens (primary N) is 1. The van der Waals surface area contributed by atoms with Crippen LogP contribution in [0, 0.1) is 5.82 Å². The molecule has 1 amide bonds. The average molecular weight is 337 g/mol. The summed E-state index contributed by atoms with van der Waals surface area (Å²) >= 11 is 5.74. The summed E-state index contributed by atoms with van der Waals surface area (Å²) in [5.41, 5.74) is -0.886. The van der Waals surface area contributed by atoms with Crippen molar-refractivity contribution in [2.24, 2.45) is 5.14 Å². The van der Waals surface area contributed by atoms with Crippen LogP contribution in [0.15, 0.2) is 17.0 Å². The fraction of sp³-hybridized carbons (Fsp3) is 0.417. The zero-order chi connectivity index (χ0) is 15.8. The number of hydrogen-bond donors (Lipinski definition) is 2. The maximum Gasteiger partial charge on any atom is 0.253 e. The van der Waals surface area contributed by atoms with Crippen LogP contribution in [0.5, 0.6) is 0 Å². The highest BCUT2D eigenvalue weighted by Gasteiger charge is 2.32. The number of carbonyl (C=O) groups is 1. The highest BCUT2D eigenvalue weighted by Crippen LogP contribution is 2.25. The largest absolute Gasteiger partial charge is 0.379 e. The summed E-state index contributed by atoms with van der Waals surface area (Å²) in [4.78, 5) is 11.7. The first kappa shape index (κ1) is 16.2. The van der Waals surface area contributed by atoms with Crippen molar-refractivity contribution < 1.29 is 22.3 Å². The Morgan fingerprint density at radius 3 is 2.71 bits per heavy atom. The number of benzene rings is 1. The van der Waals surface area contributed by atoms with Crippen LogP contribution in [0.3, 0.4) is 0 Å². The summed E-state index contributed by atoms with van der Waals surface area (Å²) in [7, 11) is -4.14. The first-order chi connectivity index (χ1) is 9.62. The second-order valence-electron chi connectivity index (χ2n) is 5.13. The van der Waals surface area contributed by atoms with E-state index in [2.05, 4.69) is 5.32 Å². The van der Waals surface area contributed by atoms with Crippen LogP contribution < -0.4 is 10.5 Å². The number of halogens is 2. The molecule has 1 aliphatic rings. The van der Waals surface area contributed by atoms with Gasteiger partial charge in [-0.1, -0.05) is 11.6 Å². The van der Waals surface area contributed by atoms with E-state index < -0.39 is 37.2 Å². The van der Waals surface area contributed by atoms with Gasteiger partial charge in [0.2, 0.25) is 10.0 Å². The van der Waals surface area contributed by atoms with Gasteiger partial charge in [0.25, 0.3) is 5.91 Å².